The van der Waals surface area contributed by atoms with Crippen LogP contribution in [-0.2, 0) is 12.8 Å². The molecule has 1 N–H and O–H groups in total. The van der Waals surface area contributed by atoms with Crippen molar-refractivity contribution in [1.29, 1.82) is 0 Å². The van der Waals surface area contributed by atoms with Crippen molar-refractivity contribution >= 4 is 0 Å². The molecule has 1 heterocycles. The van der Waals surface area contributed by atoms with Gasteiger partial charge in [0.05, 0.1) is 0 Å². The van der Waals surface area contributed by atoms with Gasteiger partial charge < -0.3 is 10.2 Å². The molecule has 18 heavy (non-hydrogen) atoms. The van der Waals surface area contributed by atoms with Gasteiger partial charge in [-0.1, -0.05) is 31.2 Å². The smallest absolute Gasteiger partial charge is 0.0195 e. The Kier molecular flexibility index (Phi) is 5.21. The zero-order valence-electron chi connectivity index (χ0n) is 11.8. The molecule has 0 aliphatic carbocycles. The van der Waals surface area contributed by atoms with Crippen molar-refractivity contribution < 1.29 is 0 Å². The van der Waals surface area contributed by atoms with Gasteiger partial charge in [-0.3, -0.25) is 0 Å². The minimum atomic E-state index is 0.720. The Balaban J connectivity index is 1.72. The van der Waals surface area contributed by atoms with Gasteiger partial charge in [-0.05, 0) is 50.4 Å². The molecular formula is C16H26N2. The lowest BCUT2D eigenvalue weighted by Crippen LogP contribution is -2.36. The minimum absolute atomic E-state index is 0.720. The standard InChI is InChI=1S/C16H26N2/c1-3-14-6-8-15(9-7-14)10-12-18(2)13-16-5-4-11-17-16/h6-9,16-17H,3-5,10-13H2,1-2H3. The zero-order chi connectivity index (χ0) is 12.8. The predicted octanol–water partition coefficient (Wildman–Crippen LogP) is 2.48. The minimum Gasteiger partial charge on any atom is -0.313 e. The summed E-state index contributed by atoms with van der Waals surface area (Å²) in [5.74, 6) is 0. The Morgan fingerprint density at radius 3 is 2.56 bits per heavy atom. The van der Waals surface area contributed by atoms with Gasteiger partial charge in [-0.25, -0.2) is 0 Å². The summed E-state index contributed by atoms with van der Waals surface area (Å²) in [7, 11) is 2.24. The van der Waals surface area contributed by atoms with Crippen LogP contribution in [0.5, 0.6) is 0 Å². The summed E-state index contributed by atoms with van der Waals surface area (Å²) in [5, 5.41) is 3.56. The normalized spacial score (nSPS) is 19.6. The van der Waals surface area contributed by atoms with Crippen LogP contribution in [0.3, 0.4) is 0 Å². The van der Waals surface area contributed by atoms with Crippen LogP contribution in [0.25, 0.3) is 0 Å². The van der Waals surface area contributed by atoms with Gasteiger partial charge >= 0.3 is 0 Å². The van der Waals surface area contributed by atoms with E-state index in [-0.39, 0.29) is 0 Å². The molecule has 1 atom stereocenters. The van der Waals surface area contributed by atoms with Gasteiger partial charge in [0.2, 0.25) is 0 Å². The van der Waals surface area contributed by atoms with E-state index >= 15 is 0 Å². The second-order valence-corrected chi connectivity index (χ2v) is 5.48. The van der Waals surface area contributed by atoms with Crippen molar-refractivity contribution in [3.05, 3.63) is 35.4 Å². The zero-order valence-corrected chi connectivity index (χ0v) is 11.8. The largest absolute Gasteiger partial charge is 0.313 e. The van der Waals surface area contributed by atoms with Gasteiger partial charge in [-0.15, -0.1) is 0 Å². The van der Waals surface area contributed by atoms with Crippen molar-refractivity contribution in [1.82, 2.24) is 10.2 Å². The Morgan fingerprint density at radius 1 is 1.22 bits per heavy atom. The first-order chi connectivity index (χ1) is 8.78. The number of benzene rings is 1. The summed E-state index contributed by atoms with van der Waals surface area (Å²) in [6.45, 7) is 5.76. The van der Waals surface area contributed by atoms with Crippen LogP contribution in [0.1, 0.15) is 30.9 Å². The van der Waals surface area contributed by atoms with E-state index in [4.69, 9.17) is 0 Å². The van der Waals surface area contributed by atoms with Gasteiger partial charge in [0.25, 0.3) is 0 Å². The van der Waals surface area contributed by atoms with Gasteiger partial charge in [0, 0.05) is 19.1 Å². The Hall–Kier alpha value is -0.860. The van der Waals surface area contributed by atoms with Crippen LogP contribution < -0.4 is 5.32 Å². The highest BCUT2D eigenvalue weighted by Crippen LogP contribution is 2.08. The third-order valence-electron chi connectivity index (χ3n) is 3.91. The molecule has 1 unspecified atom stereocenters. The number of hydrogen-bond donors (Lipinski definition) is 1. The first-order valence-corrected chi connectivity index (χ1v) is 7.27. The van der Waals surface area contributed by atoms with Crippen LogP contribution in [-0.4, -0.2) is 37.6 Å². The van der Waals surface area contributed by atoms with Gasteiger partial charge in [0.1, 0.15) is 0 Å². The number of rotatable bonds is 6. The monoisotopic (exact) mass is 246 g/mol. The highest BCUT2D eigenvalue weighted by molar-refractivity contribution is 5.22. The molecule has 0 aromatic heterocycles. The molecule has 0 saturated carbocycles. The summed E-state index contributed by atoms with van der Waals surface area (Å²) in [4.78, 5) is 2.46. The fourth-order valence-electron chi connectivity index (χ4n) is 2.64. The van der Waals surface area contributed by atoms with Gasteiger partial charge in [-0.2, -0.15) is 0 Å². The lowest BCUT2D eigenvalue weighted by atomic mass is 10.1. The molecular weight excluding hydrogens is 220 g/mol. The van der Waals surface area contributed by atoms with Crippen molar-refractivity contribution in [2.24, 2.45) is 0 Å². The van der Waals surface area contributed by atoms with Crippen molar-refractivity contribution in [3.8, 4) is 0 Å². The molecule has 0 radical (unpaired) electrons. The fraction of sp³-hybridized carbons (Fsp3) is 0.625. The molecule has 1 saturated heterocycles. The Bertz CT molecular complexity index is 339. The summed E-state index contributed by atoms with van der Waals surface area (Å²) in [6, 6.07) is 9.79. The number of hydrogen-bond acceptors (Lipinski definition) is 2. The van der Waals surface area contributed by atoms with Crippen molar-refractivity contribution in [2.75, 3.05) is 26.7 Å². The topological polar surface area (TPSA) is 15.3 Å². The molecule has 2 nitrogen and oxygen atoms in total. The number of nitrogens with one attached hydrogen (secondary N) is 1. The van der Waals surface area contributed by atoms with E-state index in [0.29, 0.717) is 0 Å². The molecule has 100 valence electrons. The van der Waals surface area contributed by atoms with Gasteiger partial charge in [0.15, 0.2) is 0 Å². The van der Waals surface area contributed by atoms with Crippen LogP contribution in [0.4, 0.5) is 0 Å². The average molecular weight is 246 g/mol. The molecule has 0 spiro atoms. The van der Waals surface area contributed by atoms with E-state index in [1.165, 1.54) is 37.1 Å². The van der Waals surface area contributed by atoms with Crippen molar-refractivity contribution in [2.45, 2.75) is 38.6 Å². The lowest BCUT2D eigenvalue weighted by Gasteiger charge is -2.21. The number of likely N-dealkylation sites (N-methyl/N-ethyl adjacent to an activating group) is 1. The molecule has 1 aliphatic rings. The SMILES string of the molecule is CCc1ccc(CCN(C)CC2CCCN2)cc1. The van der Waals surface area contributed by atoms with E-state index in [1.54, 1.807) is 0 Å². The number of aryl methyl sites for hydroxylation is 1. The maximum atomic E-state index is 3.56. The molecule has 2 heteroatoms. The Morgan fingerprint density at radius 2 is 1.94 bits per heavy atom. The highest BCUT2D eigenvalue weighted by atomic mass is 15.1. The fourth-order valence-corrected chi connectivity index (χ4v) is 2.64. The average Bonchev–Trinajstić information content (AvgIpc) is 2.90. The van der Waals surface area contributed by atoms with E-state index in [1.807, 2.05) is 0 Å². The summed E-state index contributed by atoms with van der Waals surface area (Å²) < 4.78 is 0. The third-order valence-corrected chi connectivity index (χ3v) is 3.91. The van der Waals surface area contributed by atoms with Crippen LogP contribution in [0.15, 0.2) is 24.3 Å². The molecule has 0 bridgehead atoms. The first kappa shape index (κ1) is 13.6. The van der Waals surface area contributed by atoms with Crippen LogP contribution in [0.2, 0.25) is 0 Å². The maximum Gasteiger partial charge on any atom is 0.0195 e. The molecule has 1 aliphatic heterocycles. The van der Waals surface area contributed by atoms with E-state index < -0.39 is 0 Å². The van der Waals surface area contributed by atoms with E-state index in [9.17, 15) is 0 Å². The lowest BCUT2D eigenvalue weighted by molar-refractivity contribution is 0.304. The van der Waals surface area contributed by atoms with E-state index in [2.05, 4.69) is 48.5 Å². The molecule has 1 fully saturated rings. The second kappa shape index (κ2) is 6.91. The predicted molar refractivity (Wildman–Crippen MR) is 78.0 cm³/mol. The van der Waals surface area contributed by atoms with Crippen LogP contribution >= 0.6 is 0 Å². The van der Waals surface area contributed by atoms with Crippen LogP contribution in [0, 0.1) is 0 Å². The maximum absolute atomic E-state index is 3.56. The molecule has 2 rings (SSSR count). The third kappa shape index (κ3) is 4.11. The number of nitrogens with zero attached hydrogens (tertiary/aromatic N) is 1. The quantitative estimate of drug-likeness (QED) is 0.829. The molecule has 0 amide bonds. The second-order valence-electron chi connectivity index (χ2n) is 5.48. The summed E-state index contributed by atoms with van der Waals surface area (Å²) in [6.07, 6.45) is 4.98. The highest BCUT2D eigenvalue weighted by Gasteiger charge is 2.15. The summed E-state index contributed by atoms with van der Waals surface area (Å²) in [5.41, 5.74) is 2.89. The molecule has 1 aromatic carbocycles. The van der Waals surface area contributed by atoms with E-state index in [0.717, 1.165) is 25.4 Å². The Labute approximate surface area is 111 Å². The summed E-state index contributed by atoms with van der Waals surface area (Å²) >= 11 is 0. The van der Waals surface area contributed by atoms with Crippen molar-refractivity contribution in [3.63, 3.8) is 0 Å². The molecule has 1 aromatic rings. The first-order valence-electron chi connectivity index (χ1n) is 7.27.